The van der Waals surface area contributed by atoms with Gasteiger partial charge in [-0.25, -0.2) is 4.98 Å². The molecule has 0 saturated carbocycles. The summed E-state index contributed by atoms with van der Waals surface area (Å²) in [5, 5.41) is 5.60. The van der Waals surface area contributed by atoms with Crippen molar-refractivity contribution in [2.24, 2.45) is 0 Å². The Labute approximate surface area is 149 Å². The molecule has 0 bridgehead atoms. The number of ether oxygens (including phenoxy) is 2. The van der Waals surface area contributed by atoms with Crippen LogP contribution in [0.15, 0.2) is 48.0 Å². The Bertz CT molecular complexity index is 865. The Morgan fingerprint density at radius 1 is 1.16 bits per heavy atom. The van der Waals surface area contributed by atoms with Gasteiger partial charge in [0.1, 0.15) is 5.01 Å². The number of methoxy groups -OCH3 is 2. The van der Waals surface area contributed by atoms with Crippen LogP contribution in [0.4, 0.5) is 0 Å². The van der Waals surface area contributed by atoms with Gasteiger partial charge >= 0.3 is 0 Å². The molecular weight excluding hydrogens is 338 g/mol. The molecule has 0 fully saturated rings. The van der Waals surface area contributed by atoms with E-state index in [2.05, 4.69) is 15.3 Å². The number of rotatable bonds is 6. The predicted octanol–water partition coefficient (Wildman–Crippen LogP) is 3.15. The smallest absolute Gasteiger partial charge is 0.251 e. The Balaban J connectivity index is 1.66. The van der Waals surface area contributed by atoms with Crippen LogP contribution in [-0.2, 0) is 6.54 Å². The maximum absolute atomic E-state index is 12.3. The first-order valence-electron chi connectivity index (χ1n) is 7.57. The van der Waals surface area contributed by atoms with Crippen molar-refractivity contribution in [2.45, 2.75) is 6.54 Å². The molecule has 7 heteroatoms. The van der Waals surface area contributed by atoms with Crippen LogP contribution in [0, 0.1) is 0 Å². The van der Waals surface area contributed by atoms with Gasteiger partial charge in [0.15, 0.2) is 11.5 Å². The molecule has 1 N–H and O–H groups in total. The van der Waals surface area contributed by atoms with E-state index in [9.17, 15) is 4.79 Å². The number of nitrogens with one attached hydrogen (secondary N) is 1. The number of carbonyl (C=O) groups is 1. The van der Waals surface area contributed by atoms with Gasteiger partial charge < -0.3 is 14.8 Å². The highest BCUT2D eigenvalue weighted by Gasteiger charge is 2.12. The lowest BCUT2D eigenvalue weighted by Gasteiger charge is -2.09. The highest BCUT2D eigenvalue weighted by molar-refractivity contribution is 7.13. The molecule has 0 unspecified atom stereocenters. The Morgan fingerprint density at radius 2 is 2.00 bits per heavy atom. The number of pyridine rings is 1. The average molecular weight is 355 g/mol. The minimum absolute atomic E-state index is 0.201. The molecule has 3 rings (SSSR count). The quantitative estimate of drug-likeness (QED) is 0.735. The van der Waals surface area contributed by atoms with Gasteiger partial charge in [-0.3, -0.25) is 9.78 Å². The van der Waals surface area contributed by atoms with Crippen molar-refractivity contribution in [1.82, 2.24) is 15.3 Å². The fourth-order valence-corrected chi connectivity index (χ4v) is 3.04. The third-order valence-corrected chi connectivity index (χ3v) is 4.43. The van der Waals surface area contributed by atoms with Crippen LogP contribution < -0.4 is 14.8 Å². The first kappa shape index (κ1) is 16.9. The number of carbonyl (C=O) groups excluding carboxylic acids is 1. The van der Waals surface area contributed by atoms with Crippen molar-refractivity contribution in [1.29, 1.82) is 0 Å². The van der Waals surface area contributed by atoms with E-state index in [1.807, 2.05) is 23.6 Å². The van der Waals surface area contributed by atoms with Crippen LogP contribution in [-0.4, -0.2) is 30.1 Å². The highest BCUT2D eigenvalue weighted by Crippen LogP contribution is 2.27. The van der Waals surface area contributed by atoms with Gasteiger partial charge in [-0.2, -0.15) is 0 Å². The van der Waals surface area contributed by atoms with E-state index >= 15 is 0 Å². The van der Waals surface area contributed by atoms with Gasteiger partial charge in [-0.15, -0.1) is 11.3 Å². The zero-order chi connectivity index (χ0) is 17.6. The molecule has 0 aliphatic heterocycles. The standard InChI is InChI=1S/C18H17N3O3S/c1-23-15-7-6-12(9-16(15)24-2)17(22)20-10-13-11-25-18(21-13)14-5-3-4-8-19-14/h3-9,11H,10H2,1-2H3,(H,20,22). The van der Waals surface area contributed by atoms with Gasteiger partial charge in [0.25, 0.3) is 5.91 Å². The summed E-state index contributed by atoms with van der Waals surface area (Å²) in [6, 6.07) is 10.7. The number of hydrogen-bond donors (Lipinski definition) is 1. The molecule has 2 aromatic heterocycles. The van der Waals surface area contributed by atoms with Crippen LogP contribution in [0.1, 0.15) is 16.1 Å². The molecule has 3 aromatic rings. The second-order valence-electron chi connectivity index (χ2n) is 5.11. The molecular formula is C18H17N3O3S. The zero-order valence-electron chi connectivity index (χ0n) is 13.9. The zero-order valence-corrected chi connectivity index (χ0v) is 14.7. The molecule has 0 spiro atoms. The highest BCUT2D eigenvalue weighted by atomic mass is 32.1. The minimum atomic E-state index is -0.201. The normalized spacial score (nSPS) is 10.3. The largest absolute Gasteiger partial charge is 0.493 e. The van der Waals surface area contributed by atoms with Gasteiger partial charge in [-0.05, 0) is 30.3 Å². The number of hydrogen-bond acceptors (Lipinski definition) is 6. The lowest BCUT2D eigenvalue weighted by molar-refractivity contribution is 0.0950. The Kier molecular flexibility index (Phi) is 5.25. The summed E-state index contributed by atoms with van der Waals surface area (Å²) in [5.74, 6) is 0.896. The van der Waals surface area contributed by atoms with E-state index in [0.29, 0.717) is 23.6 Å². The topological polar surface area (TPSA) is 73.3 Å². The predicted molar refractivity (Wildman–Crippen MR) is 96.1 cm³/mol. The molecule has 0 radical (unpaired) electrons. The average Bonchev–Trinajstić information content (AvgIpc) is 3.15. The molecule has 0 aliphatic rings. The molecule has 25 heavy (non-hydrogen) atoms. The van der Waals surface area contributed by atoms with Crippen LogP contribution in [0.2, 0.25) is 0 Å². The van der Waals surface area contributed by atoms with Crippen molar-refractivity contribution < 1.29 is 14.3 Å². The van der Waals surface area contributed by atoms with Gasteiger partial charge in [0, 0.05) is 17.1 Å². The first-order chi connectivity index (χ1) is 12.2. The molecule has 128 valence electrons. The summed E-state index contributed by atoms with van der Waals surface area (Å²) < 4.78 is 10.4. The van der Waals surface area contributed by atoms with Crippen molar-refractivity contribution in [3.8, 4) is 22.2 Å². The number of nitrogens with zero attached hydrogens (tertiary/aromatic N) is 2. The molecule has 0 saturated heterocycles. The molecule has 1 amide bonds. The van der Waals surface area contributed by atoms with E-state index in [0.717, 1.165) is 16.4 Å². The van der Waals surface area contributed by atoms with Crippen LogP contribution >= 0.6 is 11.3 Å². The summed E-state index contributed by atoms with van der Waals surface area (Å²) in [6.07, 6.45) is 1.73. The van der Waals surface area contributed by atoms with Gasteiger partial charge in [-0.1, -0.05) is 6.07 Å². The van der Waals surface area contributed by atoms with E-state index in [4.69, 9.17) is 9.47 Å². The maximum atomic E-state index is 12.3. The molecule has 1 aromatic carbocycles. The maximum Gasteiger partial charge on any atom is 0.251 e. The van der Waals surface area contributed by atoms with E-state index in [1.165, 1.54) is 18.4 Å². The summed E-state index contributed by atoms with van der Waals surface area (Å²) in [7, 11) is 3.09. The monoisotopic (exact) mass is 355 g/mol. The second kappa shape index (κ2) is 7.76. The fraction of sp³-hybridized carbons (Fsp3) is 0.167. The summed E-state index contributed by atoms with van der Waals surface area (Å²) in [5.41, 5.74) is 2.11. The fourth-order valence-electron chi connectivity index (χ4n) is 2.25. The van der Waals surface area contributed by atoms with E-state index < -0.39 is 0 Å². The SMILES string of the molecule is COc1ccc(C(=O)NCc2csc(-c3ccccn3)n2)cc1OC. The minimum Gasteiger partial charge on any atom is -0.493 e. The third-order valence-electron chi connectivity index (χ3n) is 3.51. The lowest BCUT2D eigenvalue weighted by atomic mass is 10.2. The second-order valence-corrected chi connectivity index (χ2v) is 5.97. The van der Waals surface area contributed by atoms with E-state index in [1.54, 1.807) is 31.5 Å². The van der Waals surface area contributed by atoms with Crippen LogP contribution in [0.3, 0.4) is 0 Å². The number of amides is 1. The van der Waals surface area contributed by atoms with Crippen molar-refractivity contribution >= 4 is 17.2 Å². The van der Waals surface area contributed by atoms with Gasteiger partial charge in [0.2, 0.25) is 0 Å². The van der Waals surface area contributed by atoms with Crippen LogP contribution in [0.5, 0.6) is 11.5 Å². The number of thiazole rings is 1. The molecule has 6 nitrogen and oxygen atoms in total. The molecule has 0 aliphatic carbocycles. The summed E-state index contributed by atoms with van der Waals surface area (Å²) in [6.45, 7) is 0.344. The van der Waals surface area contributed by atoms with Crippen molar-refractivity contribution in [2.75, 3.05) is 14.2 Å². The van der Waals surface area contributed by atoms with Crippen molar-refractivity contribution in [3.63, 3.8) is 0 Å². The Morgan fingerprint density at radius 3 is 2.72 bits per heavy atom. The summed E-state index contributed by atoms with van der Waals surface area (Å²) >= 11 is 1.50. The molecule has 2 heterocycles. The van der Waals surface area contributed by atoms with Crippen LogP contribution in [0.25, 0.3) is 10.7 Å². The third kappa shape index (κ3) is 3.95. The number of benzene rings is 1. The summed E-state index contributed by atoms with van der Waals surface area (Å²) in [4.78, 5) is 21.1. The number of aromatic nitrogens is 2. The Hall–Kier alpha value is -2.93. The van der Waals surface area contributed by atoms with Crippen molar-refractivity contribution in [3.05, 3.63) is 59.2 Å². The van der Waals surface area contributed by atoms with Gasteiger partial charge in [0.05, 0.1) is 32.2 Å². The lowest BCUT2D eigenvalue weighted by Crippen LogP contribution is -2.23. The van der Waals surface area contributed by atoms with E-state index in [-0.39, 0.29) is 5.91 Å². The molecule has 0 atom stereocenters. The first-order valence-corrected chi connectivity index (χ1v) is 8.45.